The van der Waals surface area contributed by atoms with Gasteiger partial charge in [-0.25, -0.2) is 0 Å². The van der Waals surface area contributed by atoms with Crippen LogP contribution in [0.3, 0.4) is 0 Å². The Morgan fingerprint density at radius 3 is 2.00 bits per heavy atom. The Balaban J connectivity index is 2.57. The van der Waals surface area contributed by atoms with E-state index in [-0.39, 0.29) is 0 Å². The smallest absolute Gasteiger partial charge is 0.0326 e. The topological polar surface area (TPSA) is 0 Å². The lowest BCUT2D eigenvalue weighted by molar-refractivity contribution is 0.149. The Labute approximate surface area is 110 Å². The summed E-state index contributed by atoms with van der Waals surface area (Å²) in [6.45, 7) is 9.83. The minimum Gasteiger partial charge on any atom is -0.0628 e. The summed E-state index contributed by atoms with van der Waals surface area (Å²) < 4.78 is 0. The van der Waals surface area contributed by atoms with Gasteiger partial charge in [-0.3, -0.25) is 0 Å². The summed E-state index contributed by atoms with van der Waals surface area (Å²) in [5, 5.41) is 0. The molecule has 0 amide bonds. The van der Waals surface area contributed by atoms with Gasteiger partial charge < -0.3 is 0 Å². The summed E-state index contributed by atoms with van der Waals surface area (Å²) in [6, 6.07) is 0. The molecule has 0 heteroatoms. The zero-order chi connectivity index (χ0) is 12.7. The Morgan fingerprint density at radius 2 is 1.41 bits per heavy atom. The third-order valence-electron chi connectivity index (χ3n) is 4.73. The van der Waals surface area contributed by atoms with Gasteiger partial charge in [-0.05, 0) is 36.5 Å². The first-order valence-corrected chi connectivity index (χ1v) is 8.02. The molecule has 1 aliphatic carbocycles. The summed E-state index contributed by atoms with van der Waals surface area (Å²) in [5.74, 6) is 1.82. The van der Waals surface area contributed by atoms with E-state index in [0.29, 0.717) is 5.41 Å². The molecule has 0 saturated heterocycles. The second kappa shape index (κ2) is 7.44. The molecule has 17 heavy (non-hydrogen) atoms. The number of hydrogen-bond acceptors (Lipinski definition) is 0. The minimum atomic E-state index is 0.578. The van der Waals surface area contributed by atoms with Crippen LogP contribution in [0.15, 0.2) is 0 Å². The van der Waals surface area contributed by atoms with Crippen LogP contribution < -0.4 is 0 Å². The molecule has 0 nitrogen and oxygen atoms in total. The predicted molar refractivity (Wildman–Crippen MR) is 78.3 cm³/mol. The highest BCUT2D eigenvalue weighted by Gasteiger charge is 2.29. The van der Waals surface area contributed by atoms with Crippen molar-refractivity contribution >= 4 is 0 Å². The molecule has 0 aliphatic heterocycles. The van der Waals surface area contributed by atoms with Gasteiger partial charge in [0.15, 0.2) is 0 Å². The Hall–Kier alpha value is 0. The maximum absolute atomic E-state index is 2.53. The van der Waals surface area contributed by atoms with E-state index < -0.39 is 0 Å². The molecule has 1 unspecified atom stereocenters. The maximum atomic E-state index is 2.53. The summed E-state index contributed by atoms with van der Waals surface area (Å²) in [7, 11) is 0. The van der Waals surface area contributed by atoms with Crippen LogP contribution in [0.2, 0.25) is 0 Å². The average molecular weight is 238 g/mol. The molecular formula is C17H34. The van der Waals surface area contributed by atoms with Crippen LogP contribution in [-0.4, -0.2) is 0 Å². The SMILES string of the molecule is CC(C)CC1CCCCCCCCCC1(C)C. The summed E-state index contributed by atoms with van der Waals surface area (Å²) in [5.41, 5.74) is 0.578. The second-order valence-electron chi connectivity index (χ2n) is 7.33. The first-order chi connectivity index (χ1) is 8.02. The van der Waals surface area contributed by atoms with Crippen LogP contribution in [-0.2, 0) is 0 Å². The van der Waals surface area contributed by atoms with Gasteiger partial charge in [-0.2, -0.15) is 0 Å². The van der Waals surface area contributed by atoms with Crippen molar-refractivity contribution in [2.24, 2.45) is 17.3 Å². The Bertz CT molecular complexity index is 190. The fourth-order valence-corrected chi connectivity index (χ4v) is 3.46. The van der Waals surface area contributed by atoms with Gasteiger partial charge in [0.05, 0.1) is 0 Å². The van der Waals surface area contributed by atoms with E-state index in [2.05, 4.69) is 27.7 Å². The van der Waals surface area contributed by atoms with Crippen LogP contribution in [0.5, 0.6) is 0 Å². The van der Waals surface area contributed by atoms with Gasteiger partial charge in [0.25, 0.3) is 0 Å². The average Bonchev–Trinajstić information content (AvgIpc) is 2.26. The van der Waals surface area contributed by atoms with Crippen molar-refractivity contribution in [2.75, 3.05) is 0 Å². The van der Waals surface area contributed by atoms with E-state index in [4.69, 9.17) is 0 Å². The lowest BCUT2D eigenvalue weighted by atomic mass is 9.70. The third-order valence-corrected chi connectivity index (χ3v) is 4.73. The molecule has 0 radical (unpaired) electrons. The molecular weight excluding hydrogens is 204 g/mol. The first-order valence-electron chi connectivity index (χ1n) is 8.02. The van der Waals surface area contributed by atoms with E-state index in [1.807, 2.05) is 0 Å². The molecule has 0 aromatic rings. The fourth-order valence-electron chi connectivity index (χ4n) is 3.46. The highest BCUT2D eigenvalue weighted by atomic mass is 14.3. The standard InChI is InChI=1S/C17H34/c1-15(2)14-16-12-10-8-6-5-7-9-11-13-17(16,3)4/h15-16H,5-14H2,1-4H3. The largest absolute Gasteiger partial charge is 0.0628 e. The van der Waals surface area contributed by atoms with Crippen molar-refractivity contribution in [3.05, 3.63) is 0 Å². The fraction of sp³-hybridized carbons (Fsp3) is 1.00. The van der Waals surface area contributed by atoms with Crippen molar-refractivity contribution in [3.63, 3.8) is 0 Å². The molecule has 0 bridgehead atoms. The van der Waals surface area contributed by atoms with Gasteiger partial charge in [0.1, 0.15) is 0 Å². The molecule has 0 aromatic heterocycles. The first kappa shape index (κ1) is 15.1. The van der Waals surface area contributed by atoms with Crippen molar-refractivity contribution < 1.29 is 0 Å². The molecule has 1 atom stereocenters. The zero-order valence-electron chi connectivity index (χ0n) is 12.7. The zero-order valence-corrected chi connectivity index (χ0v) is 12.7. The summed E-state index contributed by atoms with van der Waals surface area (Å²) in [4.78, 5) is 0. The molecule has 0 N–H and O–H groups in total. The van der Waals surface area contributed by atoms with Gasteiger partial charge in [0, 0.05) is 0 Å². The van der Waals surface area contributed by atoms with Crippen LogP contribution in [0.25, 0.3) is 0 Å². The van der Waals surface area contributed by atoms with E-state index in [1.165, 1.54) is 64.2 Å². The minimum absolute atomic E-state index is 0.578. The molecule has 0 spiro atoms. The highest BCUT2D eigenvalue weighted by molar-refractivity contribution is 4.80. The Kier molecular flexibility index (Phi) is 6.59. The van der Waals surface area contributed by atoms with Gasteiger partial charge in [-0.15, -0.1) is 0 Å². The van der Waals surface area contributed by atoms with Crippen LogP contribution in [0.1, 0.15) is 91.9 Å². The van der Waals surface area contributed by atoms with Crippen LogP contribution in [0, 0.1) is 17.3 Å². The third kappa shape index (κ3) is 5.93. The van der Waals surface area contributed by atoms with E-state index in [9.17, 15) is 0 Å². The molecule has 0 aromatic carbocycles. The Morgan fingerprint density at radius 1 is 0.882 bits per heavy atom. The molecule has 1 saturated carbocycles. The highest BCUT2D eigenvalue weighted by Crippen LogP contribution is 2.40. The normalized spacial score (nSPS) is 27.7. The monoisotopic (exact) mass is 238 g/mol. The molecule has 1 rings (SSSR count). The molecule has 1 fully saturated rings. The predicted octanol–water partition coefficient (Wildman–Crippen LogP) is 6.20. The van der Waals surface area contributed by atoms with Gasteiger partial charge >= 0.3 is 0 Å². The van der Waals surface area contributed by atoms with Crippen molar-refractivity contribution in [1.29, 1.82) is 0 Å². The quantitative estimate of drug-likeness (QED) is 0.537. The molecule has 0 heterocycles. The van der Waals surface area contributed by atoms with Crippen molar-refractivity contribution in [3.8, 4) is 0 Å². The van der Waals surface area contributed by atoms with Crippen LogP contribution >= 0.6 is 0 Å². The molecule has 1 aliphatic rings. The lowest BCUT2D eigenvalue weighted by Gasteiger charge is -2.36. The number of rotatable bonds is 2. The van der Waals surface area contributed by atoms with Crippen LogP contribution in [0.4, 0.5) is 0 Å². The lowest BCUT2D eigenvalue weighted by Crippen LogP contribution is -2.25. The summed E-state index contributed by atoms with van der Waals surface area (Å²) >= 11 is 0. The van der Waals surface area contributed by atoms with E-state index in [1.54, 1.807) is 0 Å². The summed E-state index contributed by atoms with van der Waals surface area (Å²) in [6.07, 6.45) is 14.7. The molecule has 102 valence electrons. The van der Waals surface area contributed by atoms with Gasteiger partial charge in [0.2, 0.25) is 0 Å². The van der Waals surface area contributed by atoms with E-state index >= 15 is 0 Å². The maximum Gasteiger partial charge on any atom is -0.0326 e. The number of hydrogen-bond donors (Lipinski definition) is 0. The second-order valence-corrected chi connectivity index (χ2v) is 7.33. The van der Waals surface area contributed by atoms with Gasteiger partial charge in [-0.1, -0.05) is 72.6 Å². The van der Waals surface area contributed by atoms with Crippen molar-refractivity contribution in [1.82, 2.24) is 0 Å². The van der Waals surface area contributed by atoms with E-state index in [0.717, 1.165) is 11.8 Å². The van der Waals surface area contributed by atoms with Crippen molar-refractivity contribution in [2.45, 2.75) is 91.9 Å².